The molecule has 4 aliphatic heterocycles. The standard InChI is InChI=1S/C31H31ClN2O5S/c32-21-11-13-22(14-12-21)33-16-7-15-31-26(25-24(40-31)10-5-2-6-17-39-30(25)38)28(36)34(27(31)29(33)37)23(19-35)18-20-8-3-1-4-9-20/h1,3-5,7-15,23-27,35H,2,6,16-19H2/b10-5-/t23-,24-,25+,26+,27?,31+/m1/s1. The highest BCUT2D eigenvalue weighted by atomic mass is 35.5. The molecule has 0 radical (unpaired) electrons. The van der Waals surface area contributed by atoms with Gasteiger partial charge in [0.25, 0.3) is 5.91 Å². The molecule has 4 aliphatic rings. The maximum Gasteiger partial charge on any atom is 0.311 e. The van der Waals surface area contributed by atoms with Gasteiger partial charge in [0.15, 0.2) is 0 Å². The molecule has 4 heterocycles. The Morgan fingerprint density at radius 3 is 2.58 bits per heavy atom. The summed E-state index contributed by atoms with van der Waals surface area (Å²) >= 11 is 7.63. The predicted molar refractivity (Wildman–Crippen MR) is 155 cm³/mol. The van der Waals surface area contributed by atoms with Gasteiger partial charge in [0.1, 0.15) is 6.04 Å². The maximum atomic E-state index is 14.6. The summed E-state index contributed by atoms with van der Waals surface area (Å²) in [4.78, 5) is 45.8. The number of likely N-dealkylation sites (tertiary alicyclic amines) is 1. The van der Waals surface area contributed by atoms with E-state index in [0.29, 0.717) is 30.3 Å². The topological polar surface area (TPSA) is 87.2 Å². The molecule has 0 bridgehead atoms. The molecular weight excluding hydrogens is 548 g/mol. The SMILES string of the molecule is O=C1OCCC/C=C\[C@H]2S[C@]34C=CCN(c5ccc(Cl)cc5)C(=O)C3N([C@@H](CO)Cc3ccccc3)C(=O)[C@@H]4[C@@H]12. The number of rotatable bonds is 5. The van der Waals surface area contributed by atoms with Crippen LogP contribution in [0, 0.1) is 11.8 Å². The van der Waals surface area contributed by atoms with Crippen molar-refractivity contribution in [3.05, 3.63) is 89.5 Å². The zero-order valence-electron chi connectivity index (χ0n) is 21.9. The average molecular weight is 579 g/mol. The largest absolute Gasteiger partial charge is 0.465 e. The van der Waals surface area contributed by atoms with E-state index in [1.165, 1.54) is 11.8 Å². The summed E-state index contributed by atoms with van der Waals surface area (Å²) in [5, 5.41) is 10.9. The molecule has 1 N–H and O–H groups in total. The second-order valence-electron chi connectivity index (χ2n) is 10.7. The van der Waals surface area contributed by atoms with E-state index in [9.17, 15) is 19.5 Å². The number of thioether (sulfide) groups is 1. The van der Waals surface area contributed by atoms with Crippen molar-refractivity contribution in [3.63, 3.8) is 0 Å². The minimum absolute atomic E-state index is 0.244. The molecule has 40 heavy (non-hydrogen) atoms. The average Bonchev–Trinajstić information content (AvgIpc) is 3.38. The summed E-state index contributed by atoms with van der Waals surface area (Å²) in [5.74, 6) is -2.46. The Kier molecular flexibility index (Phi) is 7.50. The summed E-state index contributed by atoms with van der Waals surface area (Å²) in [6, 6.07) is 15.1. The highest BCUT2D eigenvalue weighted by Crippen LogP contribution is 2.61. The molecule has 208 valence electrons. The zero-order valence-corrected chi connectivity index (χ0v) is 23.5. The fourth-order valence-electron chi connectivity index (χ4n) is 6.58. The Labute approximate surface area is 242 Å². The van der Waals surface area contributed by atoms with Crippen LogP contribution in [-0.4, -0.2) is 69.6 Å². The molecule has 0 saturated carbocycles. The van der Waals surface area contributed by atoms with E-state index in [-0.39, 0.29) is 23.7 Å². The number of cyclic esters (lactones) is 1. The number of hydrogen-bond acceptors (Lipinski definition) is 6. The number of carbonyl (C=O) groups is 3. The lowest BCUT2D eigenvalue weighted by Crippen LogP contribution is -2.57. The Morgan fingerprint density at radius 2 is 1.82 bits per heavy atom. The molecule has 2 aromatic rings. The quantitative estimate of drug-likeness (QED) is 0.426. The number of esters is 1. The summed E-state index contributed by atoms with van der Waals surface area (Å²) in [6.07, 6.45) is 9.84. The third kappa shape index (κ3) is 4.56. The van der Waals surface area contributed by atoms with Crippen LogP contribution in [0.3, 0.4) is 0 Å². The van der Waals surface area contributed by atoms with Gasteiger partial charge in [-0.15, -0.1) is 11.8 Å². The van der Waals surface area contributed by atoms with Crippen LogP contribution in [0.1, 0.15) is 18.4 Å². The van der Waals surface area contributed by atoms with Crippen molar-refractivity contribution < 1.29 is 24.2 Å². The molecular formula is C31H31ClN2O5S. The summed E-state index contributed by atoms with van der Waals surface area (Å²) in [6.45, 7) is 0.289. The van der Waals surface area contributed by atoms with Crippen molar-refractivity contribution in [2.24, 2.45) is 11.8 Å². The number of allylic oxidation sites excluding steroid dienone is 1. The van der Waals surface area contributed by atoms with Crippen molar-refractivity contribution in [1.29, 1.82) is 0 Å². The summed E-state index contributed by atoms with van der Waals surface area (Å²) < 4.78 is 4.65. The Balaban J connectivity index is 1.47. The molecule has 1 spiro atoms. The van der Waals surface area contributed by atoms with E-state index in [1.807, 2.05) is 48.6 Å². The number of fused-ring (bicyclic) bond motifs is 2. The third-order valence-corrected chi connectivity index (χ3v) is 10.3. The molecule has 6 atom stereocenters. The predicted octanol–water partition coefficient (Wildman–Crippen LogP) is 4.04. The lowest BCUT2D eigenvalue weighted by Gasteiger charge is -2.38. The first-order valence-corrected chi connectivity index (χ1v) is 14.9. The van der Waals surface area contributed by atoms with Crippen LogP contribution in [0.2, 0.25) is 5.02 Å². The lowest BCUT2D eigenvalue weighted by atomic mass is 9.78. The van der Waals surface area contributed by atoms with Crippen molar-refractivity contribution in [1.82, 2.24) is 4.90 Å². The van der Waals surface area contributed by atoms with Gasteiger partial charge < -0.3 is 19.6 Å². The van der Waals surface area contributed by atoms with Gasteiger partial charge in [-0.25, -0.2) is 0 Å². The van der Waals surface area contributed by atoms with E-state index >= 15 is 0 Å². The normalized spacial score (nSPS) is 31.3. The molecule has 1 unspecified atom stereocenters. The minimum Gasteiger partial charge on any atom is -0.465 e. The first-order chi connectivity index (χ1) is 19.4. The lowest BCUT2D eigenvalue weighted by molar-refractivity contribution is -0.153. The number of anilines is 1. The van der Waals surface area contributed by atoms with Gasteiger partial charge in [0.2, 0.25) is 5.91 Å². The molecule has 2 fully saturated rings. The number of aliphatic hydroxyl groups excluding tert-OH is 1. The third-order valence-electron chi connectivity index (χ3n) is 8.35. The Bertz CT molecular complexity index is 1350. The first kappa shape index (κ1) is 27.1. The van der Waals surface area contributed by atoms with E-state index in [1.54, 1.807) is 34.1 Å². The number of carbonyl (C=O) groups excluding carboxylic acids is 3. The molecule has 6 rings (SSSR count). The van der Waals surface area contributed by atoms with Gasteiger partial charge in [-0.2, -0.15) is 0 Å². The maximum absolute atomic E-state index is 14.6. The molecule has 0 aromatic heterocycles. The number of halogens is 1. The number of nitrogens with zero attached hydrogens (tertiary/aromatic N) is 2. The van der Waals surface area contributed by atoms with Crippen molar-refractivity contribution in [3.8, 4) is 0 Å². The summed E-state index contributed by atoms with van der Waals surface area (Å²) in [5.41, 5.74) is 1.61. The van der Waals surface area contributed by atoms with Gasteiger partial charge in [0.05, 0.1) is 35.8 Å². The molecule has 2 saturated heterocycles. The molecule has 9 heteroatoms. The van der Waals surface area contributed by atoms with Gasteiger partial charge in [0, 0.05) is 22.5 Å². The molecule has 7 nitrogen and oxygen atoms in total. The second kappa shape index (κ2) is 11.1. The fourth-order valence-corrected chi connectivity index (χ4v) is 8.69. The van der Waals surface area contributed by atoms with E-state index in [0.717, 1.165) is 18.4 Å². The zero-order chi connectivity index (χ0) is 27.9. The van der Waals surface area contributed by atoms with Crippen LogP contribution in [0.5, 0.6) is 0 Å². The minimum atomic E-state index is -0.989. The Morgan fingerprint density at radius 1 is 1.05 bits per heavy atom. The first-order valence-electron chi connectivity index (χ1n) is 13.7. The highest BCUT2D eigenvalue weighted by Gasteiger charge is 2.71. The van der Waals surface area contributed by atoms with Gasteiger partial charge in [-0.1, -0.05) is 66.2 Å². The van der Waals surface area contributed by atoms with Crippen LogP contribution in [0.25, 0.3) is 0 Å². The monoisotopic (exact) mass is 578 g/mol. The van der Waals surface area contributed by atoms with Gasteiger partial charge in [-0.3, -0.25) is 14.4 Å². The molecule has 0 aliphatic carbocycles. The van der Waals surface area contributed by atoms with E-state index < -0.39 is 34.6 Å². The van der Waals surface area contributed by atoms with Gasteiger partial charge in [-0.05, 0) is 49.1 Å². The number of ether oxygens (including phenoxy) is 1. The molecule has 2 aromatic carbocycles. The fraction of sp³-hybridized carbons (Fsp3) is 0.387. The van der Waals surface area contributed by atoms with Gasteiger partial charge >= 0.3 is 5.97 Å². The van der Waals surface area contributed by atoms with E-state index in [2.05, 4.69) is 6.08 Å². The smallest absolute Gasteiger partial charge is 0.311 e. The molecule has 2 amide bonds. The van der Waals surface area contributed by atoms with Crippen LogP contribution in [-0.2, 0) is 25.5 Å². The van der Waals surface area contributed by atoms with Crippen LogP contribution >= 0.6 is 23.4 Å². The van der Waals surface area contributed by atoms with Crippen LogP contribution in [0.4, 0.5) is 5.69 Å². The van der Waals surface area contributed by atoms with Crippen molar-refractivity contribution >= 4 is 46.8 Å². The number of amides is 2. The van der Waals surface area contributed by atoms with Crippen LogP contribution in [0.15, 0.2) is 78.9 Å². The van der Waals surface area contributed by atoms with Crippen LogP contribution < -0.4 is 4.90 Å². The van der Waals surface area contributed by atoms with Crippen molar-refractivity contribution in [2.75, 3.05) is 24.7 Å². The second-order valence-corrected chi connectivity index (χ2v) is 12.6. The Hall–Kier alpha value is -3.07. The van der Waals surface area contributed by atoms with E-state index in [4.69, 9.17) is 16.3 Å². The highest BCUT2D eigenvalue weighted by molar-refractivity contribution is 8.02. The number of hydrogen-bond donors (Lipinski definition) is 1. The number of aliphatic hydroxyl groups is 1. The summed E-state index contributed by atoms with van der Waals surface area (Å²) in [7, 11) is 0. The van der Waals surface area contributed by atoms with Crippen molar-refractivity contribution in [2.45, 2.75) is 41.3 Å². The number of benzene rings is 2.